The molecule has 4 heteroatoms. The molecule has 0 fully saturated rings. The minimum absolute atomic E-state index is 0.0691. The normalized spacial score (nSPS) is 12.3. The van der Waals surface area contributed by atoms with Gasteiger partial charge in [-0.05, 0) is 24.5 Å². The summed E-state index contributed by atoms with van der Waals surface area (Å²) in [5.74, 6) is 1.25. The molecule has 4 nitrogen and oxygen atoms in total. The molecule has 0 saturated heterocycles. The summed E-state index contributed by atoms with van der Waals surface area (Å²) in [6.45, 7) is 7.12. The zero-order chi connectivity index (χ0) is 15.1. The van der Waals surface area contributed by atoms with Crippen molar-refractivity contribution in [3.63, 3.8) is 0 Å². The van der Waals surface area contributed by atoms with Gasteiger partial charge in [-0.1, -0.05) is 32.0 Å². The number of rotatable bonds is 7. The van der Waals surface area contributed by atoms with Crippen LogP contribution in [0, 0.1) is 12.8 Å². The van der Waals surface area contributed by atoms with E-state index in [1.54, 1.807) is 11.9 Å². The summed E-state index contributed by atoms with van der Waals surface area (Å²) in [6, 6.07) is 7.78. The first-order valence-corrected chi connectivity index (χ1v) is 7.09. The summed E-state index contributed by atoms with van der Waals surface area (Å²) >= 11 is 0. The Morgan fingerprint density at radius 3 is 2.60 bits per heavy atom. The maximum Gasteiger partial charge on any atom is 0.223 e. The molecule has 0 aliphatic rings. The van der Waals surface area contributed by atoms with Crippen LogP contribution >= 0.6 is 0 Å². The lowest BCUT2D eigenvalue weighted by atomic mass is 10.0. The van der Waals surface area contributed by atoms with Crippen LogP contribution in [0.5, 0.6) is 5.75 Å². The summed E-state index contributed by atoms with van der Waals surface area (Å²) in [5.41, 5.74) is 7.02. The maximum atomic E-state index is 12.0. The van der Waals surface area contributed by atoms with Gasteiger partial charge in [-0.3, -0.25) is 4.79 Å². The van der Waals surface area contributed by atoms with Crippen molar-refractivity contribution in [1.82, 2.24) is 4.90 Å². The SMILES string of the molecule is Cc1ccccc1OCCN(C)C(=O)CC(N)C(C)C. The third kappa shape index (κ3) is 5.21. The molecule has 0 saturated carbocycles. The summed E-state index contributed by atoms with van der Waals surface area (Å²) in [6.07, 6.45) is 0.387. The minimum Gasteiger partial charge on any atom is -0.491 e. The Balaban J connectivity index is 2.34. The van der Waals surface area contributed by atoms with E-state index in [0.717, 1.165) is 11.3 Å². The highest BCUT2D eigenvalue weighted by molar-refractivity contribution is 5.76. The van der Waals surface area contributed by atoms with Gasteiger partial charge in [-0.2, -0.15) is 0 Å². The van der Waals surface area contributed by atoms with Crippen molar-refractivity contribution < 1.29 is 9.53 Å². The van der Waals surface area contributed by atoms with Gasteiger partial charge in [0.1, 0.15) is 12.4 Å². The Hall–Kier alpha value is -1.55. The molecule has 1 aromatic carbocycles. The lowest BCUT2D eigenvalue weighted by molar-refractivity contribution is -0.130. The predicted molar refractivity (Wildman–Crippen MR) is 81.7 cm³/mol. The Labute approximate surface area is 121 Å². The van der Waals surface area contributed by atoms with Crippen LogP contribution in [0.3, 0.4) is 0 Å². The van der Waals surface area contributed by atoms with Gasteiger partial charge in [0, 0.05) is 19.5 Å². The molecule has 1 atom stereocenters. The lowest BCUT2D eigenvalue weighted by Gasteiger charge is -2.21. The van der Waals surface area contributed by atoms with Crippen LogP contribution in [0.4, 0.5) is 0 Å². The molecule has 112 valence electrons. The molecule has 0 aliphatic carbocycles. The highest BCUT2D eigenvalue weighted by Gasteiger charge is 2.16. The molecule has 1 aromatic rings. The average Bonchev–Trinajstić information content (AvgIpc) is 2.40. The van der Waals surface area contributed by atoms with Crippen molar-refractivity contribution in [2.75, 3.05) is 20.2 Å². The van der Waals surface area contributed by atoms with Crippen LogP contribution in [-0.4, -0.2) is 37.0 Å². The maximum absolute atomic E-state index is 12.0. The van der Waals surface area contributed by atoms with Crippen LogP contribution in [0.25, 0.3) is 0 Å². The number of ether oxygens (including phenoxy) is 1. The molecular formula is C16H26N2O2. The summed E-state index contributed by atoms with van der Waals surface area (Å²) in [5, 5.41) is 0. The van der Waals surface area contributed by atoms with Gasteiger partial charge < -0.3 is 15.4 Å². The molecule has 0 radical (unpaired) electrons. The number of carbonyl (C=O) groups is 1. The summed E-state index contributed by atoms with van der Waals surface area (Å²) < 4.78 is 5.68. The molecule has 20 heavy (non-hydrogen) atoms. The number of likely N-dealkylation sites (N-methyl/N-ethyl adjacent to an activating group) is 1. The third-order valence-corrected chi connectivity index (χ3v) is 3.47. The van der Waals surface area contributed by atoms with Crippen molar-refractivity contribution in [3.05, 3.63) is 29.8 Å². The summed E-state index contributed by atoms with van der Waals surface area (Å²) in [4.78, 5) is 13.6. The van der Waals surface area contributed by atoms with Gasteiger partial charge >= 0.3 is 0 Å². The molecule has 2 N–H and O–H groups in total. The van der Waals surface area contributed by atoms with Crippen LogP contribution in [0.1, 0.15) is 25.8 Å². The number of nitrogens with zero attached hydrogens (tertiary/aromatic N) is 1. The summed E-state index contributed by atoms with van der Waals surface area (Å²) in [7, 11) is 1.79. The van der Waals surface area contributed by atoms with Crippen molar-refractivity contribution in [3.8, 4) is 5.75 Å². The Morgan fingerprint density at radius 2 is 2.00 bits per heavy atom. The highest BCUT2D eigenvalue weighted by atomic mass is 16.5. The number of aryl methyl sites for hydroxylation is 1. The monoisotopic (exact) mass is 278 g/mol. The van der Waals surface area contributed by atoms with E-state index in [9.17, 15) is 4.79 Å². The highest BCUT2D eigenvalue weighted by Crippen LogP contribution is 2.15. The van der Waals surface area contributed by atoms with Gasteiger partial charge in [-0.25, -0.2) is 0 Å². The van der Waals surface area contributed by atoms with E-state index in [4.69, 9.17) is 10.5 Å². The van der Waals surface area contributed by atoms with Gasteiger partial charge in [-0.15, -0.1) is 0 Å². The second-order valence-corrected chi connectivity index (χ2v) is 5.54. The molecule has 1 amide bonds. The molecule has 0 spiro atoms. The van der Waals surface area contributed by atoms with Crippen LogP contribution < -0.4 is 10.5 Å². The van der Waals surface area contributed by atoms with Crippen LogP contribution in [0.2, 0.25) is 0 Å². The second-order valence-electron chi connectivity index (χ2n) is 5.54. The first-order chi connectivity index (χ1) is 9.41. The zero-order valence-electron chi connectivity index (χ0n) is 12.9. The Kier molecular flexibility index (Phi) is 6.52. The van der Waals surface area contributed by atoms with E-state index in [1.165, 1.54) is 0 Å². The molecule has 1 rings (SSSR count). The van der Waals surface area contributed by atoms with Crippen molar-refractivity contribution in [2.45, 2.75) is 33.2 Å². The average molecular weight is 278 g/mol. The Morgan fingerprint density at radius 1 is 1.35 bits per heavy atom. The molecule has 1 unspecified atom stereocenters. The van der Waals surface area contributed by atoms with Gasteiger partial charge in [0.05, 0.1) is 6.54 Å². The van der Waals surface area contributed by atoms with Crippen molar-refractivity contribution in [1.29, 1.82) is 0 Å². The first-order valence-electron chi connectivity index (χ1n) is 7.09. The van der Waals surface area contributed by atoms with Crippen molar-refractivity contribution >= 4 is 5.91 Å². The van der Waals surface area contributed by atoms with E-state index in [-0.39, 0.29) is 11.9 Å². The van der Waals surface area contributed by atoms with E-state index in [2.05, 4.69) is 0 Å². The number of carbonyl (C=O) groups excluding carboxylic acids is 1. The van der Waals surface area contributed by atoms with Gasteiger partial charge in [0.2, 0.25) is 5.91 Å². The first kappa shape index (κ1) is 16.5. The quantitative estimate of drug-likeness (QED) is 0.832. The number of nitrogens with two attached hydrogens (primary N) is 1. The predicted octanol–water partition coefficient (Wildman–Crippen LogP) is 2.21. The molecular weight excluding hydrogens is 252 g/mol. The number of hydrogen-bond donors (Lipinski definition) is 1. The fourth-order valence-corrected chi connectivity index (χ4v) is 1.73. The molecule has 0 aliphatic heterocycles. The van der Waals surface area contributed by atoms with Crippen LogP contribution in [0.15, 0.2) is 24.3 Å². The Bertz CT molecular complexity index is 432. The number of benzene rings is 1. The minimum atomic E-state index is -0.0813. The lowest BCUT2D eigenvalue weighted by Crippen LogP contribution is -2.37. The third-order valence-electron chi connectivity index (χ3n) is 3.47. The topological polar surface area (TPSA) is 55.6 Å². The van der Waals surface area contributed by atoms with E-state index < -0.39 is 0 Å². The fourth-order valence-electron chi connectivity index (χ4n) is 1.73. The standard InChI is InChI=1S/C16H26N2O2/c1-12(2)14(17)11-16(19)18(4)9-10-20-15-8-6-5-7-13(15)3/h5-8,12,14H,9-11,17H2,1-4H3. The molecule has 0 aromatic heterocycles. The number of para-hydroxylation sites is 1. The van der Waals surface area contributed by atoms with Crippen LogP contribution in [-0.2, 0) is 4.79 Å². The van der Waals surface area contributed by atoms with Gasteiger partial charge in [0.25, 0.3) is 0 Å². The fraction of sp³-hybridized carbons (Fsp3) is 0.562. The molecule has 0 heterocycles. The smallest absolute Gasteiger partial charge is 0.223 e. The zero-order valence-corrected chi connectivity index (χ0v) is 12.9. The van der Waals surface area contributed by atoms with E-state index in [1.807, 2.05) is 45.0 Å². The number of hydrogen-bond acceptors (Lipinski definition) is 3. The van der Waals surface area contributed by atoms with E-state index in [0.29, 0.717) is 25.5 Å². The van der Waals surface area contributed by atoms with Gasteiger partial charge in [0.15, 0.2) is 0 Å². The molecule has 0 bridgehead atoms. The largest absolute Gasteiger partial charge is 0.491 e. The van der Waals surface area contributed by atoms with Crippen molar-refractivity contribution in [2.24, 2.45) is 11.7 Å². The van der Waals surface area contributed by atoms with E-state index >= 15 is 0 Å². The number of amides is 1. The second kappa shape index (κ2) is 7.90.